The van der Waals surface area contributed by atoms with Crippen LogP contribution in [-0.4, -0.2) is 18.2 Å². The van der Waals surface area contributed by atoms with E-state index >= 15 is 0 Å². The first-order chi connectivity index (χ1) is 7.45. The molecule has 0 aliphatic rings. The largest absolute Gasteiger partial charge is 0.497 e. The smallest absolute Gasteiger partial charge is 0.303 e. The molecule has 0 saturated carbocycles. The van der Waals surface area contributed by atoms with Crippen molar-refractivity contribution in [1.82, 2.24) is 0 Å². The van der Waals surface area contributed by atoms with Crippen LogP contribution in [0.15, 0.2) is 12.1 Å². The highest BCUT2D eigenvalue weighted by Crippen LogP contribution is 2.28. The number of aliphatic carboxylic acids is 1. The van der Waals surface area contributed by atoms with Crippen molar-refractivity contribution in [2.75, 3.05) is 7.11 Å². The Hall–Kier alpha value is -1.65. The van der Waals surface area contributed by atoms with E-state index in [9.17, 15) is 13.6 Å². The van der Waals surface area contributed by atoms with Crippen molar-refractivity contribution < 1.29 is 23.4 Å². The lowest BCUT2D eigenvalue weighted by atomic mass is 9.97. The topological polar surface area (TPSA) is 46.5 Å². The quantitative estimate of drug-likeness (QED) is 0.864. The molecular formula is C11H12F2O3. The van der Waals surface area contributed by atoms with Gasteiger partial charge < -0.3 is 9.84 Å². The molecule has 0 spiro atoms. The zero-order chi connectivity index (χ0) is 12.3. The summed E-state index contributed by atoms with van der Waals surface area (Å²) in [7, 11) is 1.33. The standard InChI is InChI=1S/C11H12F2O3/c1-6(3-10(14)15)8-4-7(16-2)5-9(12)11(8)13/h4-6H,3H2,1-2H3,(H,14,15). The molecule has 1 N–H and O–H groups in total. The summed E-state index contributed by atoms with van der Waals surface area (Å²) in [6.45, 7) is 1.52. The lowest BCUT2D eigenvalue weighted by molar-refractivity contribution is -0.137. The van der Waals surface area contributed by atoms with Crippen molar-refractivity contribution in [3.63, 3.8) is 0 Å². The van der Waals surface area contributed by atoms with Gasteiger partial charge >= 0.3 is 5.97 Å². The number of ether oxygens (including phenoxy) is 1. The second kappa shape index (κ2) is 4.92. The number of carboxylic acid groups (broad SMARTS) is 1. The highest BCUT2D eigenvalue weighted by atomic mass is 19.2. The maximum Gasteiger partial charge on any atom is 0.303 e. The van der Waals surface area contributed by atoms with Gasteiger partial charge in [0.15, 0.2) is 11.6 Å². The molecule has 1 unspecified atom stereocenters. The van der Waals surface area contributed by atoms with Crippen molar-refractivity contribution in [2.24, 2.45) is 0 Å². The monoisotopic (exact) mass is 230 g/mol. The first-order valence-electron chi connectivity index (χ1n) is 4.70. The van der Waals surface area contributed by atoms with Gasteiger partial charge in [0.2, 0.25) is 0 Å². The SMILES string of the molecule is COc1cc(F)c(F)c(C(C)CC(=O)O)c1. The number of benzene rings is 1. The molecule has 1 atom stereocenters. The number of halogens is 2. The van der Waals surface area contributed by atoms with Gasteiger partial charge in [0.25, 0.3) is 0 Å². The zero-order valence-corrected chi connectivity index (χ0v) is 8.96. The molecule has 5 heteroatoms. The lowest BCUT2D eigenvalue weighted by Gasteiger charge is -2.12. The Morgan fingerprint density at radius 1 is 1.50 bits per heavy atom. The maximum absolute atomic E-state index is 13.4. The molecule has 3 nitrogen and oxygen atoms in total. The molecule has 0 aliphatic carbocycles. The second-order valence-electron chi connectivity index (χ2n) is 3.51. The van der Waals surface area contributed by atoms with Crippen LogP contribution in [0, 0.1) is 11.6 Å². The summed E-state index contributed by atoms with van der Waals surface area (Å²) in [6.07, 6.45) is -0.260. The molecule has 1 aromatic rings. The van der Waals surface area contributed by atoms with Gasteiger partial charge in [-0.05, 0) is 17.5 Å². The maximum atomic E-state index is 13.4. The minimum absolute atomic E-state index is 0.0132. The van der Waals surface area contributed by atoms with Crippen molar-refractivity contribution in [3.05, 3.63) is 29.3 Å². The molecule has 0 saturated heterocycles. The summed E-state index contributed by atoms with van der Waals surface area (Å²) < 4.78 is 31.3. The fourth-order valence-corrected chi connectivity index (χ4v) is 1.43. The van der Waals surface area contributed by atoms with Crippen LogP contribution in [0.3, 0.4) is 0 Å². The van der Waals surface area contributed by atoms with Gasteiger partial charge in [-0.1, -0.05) is 6.92 Å². The predicted molar refractivity (Wildman–Crippen MR) is 53.6 cm³/mol. The van der Waals surface area contributed by atoms with Gasteiger partial charge in [-0.2, -0.15) is 0 Å². The van der Waals surface area contributed by atoms with Crippen LogP contribution >= 0.6 is 0 Å². The molecule has 0 amide bonds. The van der Waals surface area contributed by atoms with Crippen molar-refractivity contribution in [2.45, 2.75) is 19.3 Å². The van der Waals surface area contributed by atoms with Crippen LogP contribution in [0.25, 0.3) is 0 Å². The summed E-state index contributed by atoms with van der Waals surface area (Å²) in [5.41, 5.74) is 0.0132. The third-order valence-electron chi connectivity index (χ3n) is 2.28. The number of hydrogen-bond donors (Lipinski definition) is 1. The fourth-order valence-electron chi connectivity index (χ4n) is 1.43. The van der Waals surface area contributed by atoms with Gasteiger partial charge in [0.1, 0.15) is 5.75 Å². The molecule has 0 aromatic heterocycles. The van der Waals surface area contributed by atoms with E-state index < -0.39 is 23.5 Å². The van der Waals surface area contributed by atoms with E-state index in [1.54, 1.807) is 0 Å². The Kier molecular flexibility index (Phi) is 3.82. The van der Waals surface area contributed by atoms with Crippen LogP contribution in [0.1, 0.15) is 24.8 Å². The molecule has 0 fully saturated rings. The number of carbonyl (C=O) groups is 1. The second-order valence-corrected chi connectivity index (χ2v) is 3.51. The lowest BCUT2D eigenvalue weighted by Crippen LogP contribution is -2.06. The highest BCUT2D eigenvalue weighted by Gasteiger charge is 2.18. The number of methoxy groups -OCH3 is 1. The first kappa shape index (κ1) is 12.4. The number of carboxylic acids is 1. The van der Waals surface area contributed by atoms with Crippen molar-refractivity contribution in [3.8, 4) is 5.75 Å². The molecule has 0 bridgehead atoms. The average molecular weight is 230 g/mol. The first-order valence-corrected chi connectivity index (χ1v) is 4.70. The summed E-state index contributed by atoms with van der Waals surface area (Å²) in [6, 6.07) is 2.23. The molecule has 16 heavy (non-hydrogen) atoms. The Morgan fingerprint density at radius 3 is 2.62 bits per heavy atom. The van der Waals surface area contributed by atoms with Crippen LogP contribution in [-0.2, 0) is 4.79 Å². The number of rotatable bonds is 4. The van der Waals surface area contributed by atoms with Gasteiger partial charge in [-0.25, -0.2) is 8.78 Å². The van der Waals surface area contributed by atoms with Gasteiger partial charge in [-0.15, -0.1) is 0 Å². The minimum atomic E-state index is -1.06. The molecule has 1 rings (SSSR count). The van der Waals surface area contributed by atoms with Crippen LogP contribution < -0.4 is 4.74 Å². The van der Waals surface area contributed by atoms with Crippen molar-refractivity contribution >= 4 is 5.97 Å². The Balaban J connectivity index is 3.10. The van der Waals surface area contributed by atoms with E-state index in [0.717, 1.165) is 6.07 Å². The molecule has 1 aromatic carbocycles. The summed E-state index contributed by atoms with van der Waals surface area (Å²) in [4.78, 5) is 10.5. The van der Waals surface area contributed by atoms with E-state index in [-0.39, 0.29) is 17.7 Å². The van der Waals surface area contributed by atoms with E-state index in [0.29, 0.717) is 0 Å². The van der Waals surface area contributed by atoms with Crippen LogP contribution in [0.5, 0.6) is 5.75 Å². The molecule has 0 aliphatic heterocycles. The predicted octanol–water partition coefficient (Wildman–Crippen LogP) is 2.55. The molecule has 88 valence electrons. The molecule has 0 radical (unpaired) electrons. The Labute approximate surface area is 91.7 Å². The van der Waals surface area contributed by atoms with Gasteiger partial charge in [-0.3, -0.25) is 4.79 Å². The van der Waals surface area contributed by atoms with E-state index in [1.807, 2.05) is 0 Å². The molecular weight excluding hydrogens is 218 g/mol. The minimum Gasteiger partial charge on any atom is -0.497 e. The third-order valence-corrected chi connectivity index (χ3v) is 2.28. The average Bonchev–Trinajstić information content (AvgIpc) is 2.20. The van der Waals surface area contributed by atoms with E-state index in [1.165, 1.54) is 20.1 Å². The summed E-state index contributed by atoms with van der Waals surface area (Å²) in [5, 5.41) is 8.58. The Bertz CT molecular complexity index is 404. The van der Waals surface area contributed by atoms with E-state index in [2.05, 4.69) is 0 Å². The van der Waals surface area contributed by atoms with Crippen LogP contribution in [0.2, 0.25) is 0 Å². The summed E-state index contributed by atoms with van der Waals surface area (Å²) >= 11 is 0. The van der Waals surface area contributed by atoms with Crippen molar-refractivity contribution in [1.29, 1.82) is 0 Å². The van der Waals surface area contributed by atoms with Gasteiger partial charge in [0.05, 0.1) is 13.5 Å². The zero-order valence-electron chi connectivity index (χ0n) is 8.96. The van der Waals surface area contributed by atoms with Crippen LogP contribution in [0.4, 0.5) is 8.78 Å². The van der Waals surface area contributed by atoms with Gasteiger partial charge in [0, 0.05) is 6.07 Å². The summed E-state index contributed by atoms with van der Waals surface area (Å²) in [5.74, 6) is -3.55. The Morgan fingerprint density at radius 2 is 2.12 bits per heavy atom. The number of hydrogen-bond acceptors (Lipinski definition) is 2. The third kappa shape index (κ3) is 2.68. The van der Waals surface area contributed by atoms with E-state index in [4.69, 9.17) is 9.84 Å². The highest BCUT2D eigenvalue weighted by molar-refractivity contribution is 5.68. The normalized spacial score (nSPS) is 12.2. The molecule has 0 heterocycles. The fraction of sp³-hybridized carbons (Fsp3) is 0.364.